The van der Waals surface area contributed by atoms with Gasteiger partial charge < -0.3 is 14.4 Å². The number of benzene rings is 1. The third kappa shape index (κ3) is 5.49. The lowest BCUT2D eigenvalue weighted by Gasteiger charge is -2.32. The molecule has 1 fully saturated rings. The molecule has 1 atom stereocenters. The number of thiophene rings is 1. The van der Waals surface area contributed by atoms with E-state index >= 15 is 0 Å². The van der Waals surface area contributed by atoms with Crippen molar-refractivity contribution in [2.75, 3.05) is 33.4 Å². The van der Waals surface area contributed by atoms with Gasteiger partial charge in [-0.3, -0.25) is 0 Å². The molecule has 0 aliphatic carbocycles. The van der Waals surface area contributed by atoms with E-state index in [2.05, 4.69) is 28.7 Å². The summed E-state index contributed by atoms with van der Waals surface area (Å²) < 4.78 is 11.3. The second-order valence-electron chi connectivity index (χ2n) is 7.23. The van der Waals surface area contributed by atoms with E-state index in [0.29, 0.717) is 5.92 Å². The van der Waals surface area contributed by atoms with E-state index in [0.717, 1.165) is 30.4 Å². The van der Waals surface area contributed by atoms with Crippen LogP contribution in [0.25, 0.3) is 0 Å². The average Bonchev–Trinajstić information content (AvgIpc) is 3.23. The SMILES string of the molecule is CCC(CCN1CCC(c2ccsc2)CC1)COc1cccc(OC)c1. The van der Waals surface area contributed by atoms with Gasteiger partial charge >= 0.3 is 0 Å². The van der Waals surface area contributed by atoms with Gasteiger partial charge in [0, 0.05) is 6.07 Å². The molecule has 26 heavy (non-hydrogen) atoms. The van der Waals surface area contributed by atoms with Crippen molar-refractivity contribution in [3.05, 3.63) is 46.7 Å². The van der Waals surface area contributed by atoms with E-state index in [4.69, 9.17) is 9.47 Å². The Morgan fingerprint density at radius 2 is 2.00 bits per heavy atom. The van der Waals surface area contributed by atoms with Crippen molar-refractivity contribution >= 4 is 11.3 Å². The zero-order valence-electron chi connectivity index (χ0n) is 16.0. The van der Waals surface area contributed by atoms with Crippen molar-refractivity contribution in [1.29, 1.82) is 0 Å². The first-order valence-electron chi connectivity index (χ1n) is 9.79. The van der Waals surface area contributed by atoms with Crippen molar-refractivity contribution in [3.63, 3.8) is 0 Å². The van der Waals surface area contributed by atoms with E-state index < -0.39 is 0 Å². The Morgan fingerprint density at radius 1 is 1.19 bits per heavy atom. The zero-order valence-corrected chi connectivity index (χ0v) is 16.8. The van der Waals surface area contributed by atoms with Gasteiger partial charge in [-0.25, -0.2) is 0 Å². The van der Waals surface area contributed by atoms with Gasteiger partial charge in [0.1, 0.15) is 11.5 Å². The molecule has 2 heterocycles. The monoisotopic (exact) mass is 373 g/mol. The molecule has 2 aromatic rings. The maximum atomic E-state index is 6.01. The van der Waals surface area contributed by atoms with Crippen LogP contribution in [0.1, 0.15) is 44.1 Å². The molecule has 1 unspecified atom stereocenters. The first-order chi connectivity index (χ1) is 12.8. The van der Waals surface area contributed by atoms with Crippen LogP contribution in [-0.2, 0) is 0 Å². The molecule has 3 rings (SSSR count). The van der Waals surface area contributed by atoms with Gasteiger partial charge in [0.25, 0.3) is 0 Å². The Kier molecular flexibility index (Phi) is 7.39. The van der Waals surface area contributed by atoms with E-state index in [-0.39, 0.29) is 0 Å². The van der Waals surface area contributed by atoms with Crippen molar-refractivity contribution < 1.29 is 9.47 Å². The molecule has 1 saturated heterocycles. The second-order valence-corrected chi connectivity index (χ2v) is 8.01. The van der Waals surface area contributed by atoms with Gasteiger partial charge in [0.15, 0.2) is 0 Å². The lowest BCUT2D eigenvalue weighted by molar-refractivity contribution is 0.175. The molecule has 0 N–H and O–H groups in total. The normalized spacial score (nSPS) is 17.2. The molecule has 1 aromatic heterocycles. The highest BCUT2D eigenvalue weighted by Crippen LogP contribution is 2.29. The summed E-state index contributed by atoms with van der Waals surface area (Å²) in [5.74, 6) is 3.13. The maximum absolute atomic E-state index is 6.01. The van der Waals surface area contributed by atoms with Gasteiger partial charge in [0.2, 0.25) is 0 Å². The Bertz CT molecular complexity index is 635. The van der Waals surface area contributed by atoms with Crippen molar-refractivity contribution in [2.45, 2.75) is 38.5 Å². The number of nitrogens with zero attached hydrogens (tertiary/aromatic N) is 1. The van der Waals surface area contributed by atoms with E-state index in [1.54, 1.807) is 12.7 Å². The molecule has 3 nitrogen and oxygen atoms in total. The first-order valence-corrected chi connectivity index (χ1v) is 10.7. The van der Waals surface area contributed by atoms with E-state index in [9.17, 15) is 0 Å². The highest BCUT2D eigenvalue weighted by molar-refractivity contribution is 7.07. The van der Waals surface area contributed by atoms with Gasteiger partial charge in [0.05, 0.1) is 13.7 Å². The number of piperidine rings is 1. The predicted octanol–water partition coefficient (Wildman–Crippen LogP) is 5.43. The lowest BCUT2D eigenvalue weighted by atomic mass is 9.91. The molecule has 0 amide bonds. The van der Waals surface area contributed by atoms with Crippen LogP contribution in [0.3, 0.4) is 0 Å². The zero-order chi connectivity index (χ0) is 18.2. The smallest absolute Gasteiger partial charge is 0.122 e. The molecule has 4 heteroatoms. The topological polar surface area (TPSA) is 21.7 Å². The first kappa shape index (κ1) is 19.2. The highest BCUT2D eigenvalue weighted by Gasteiger charge is 2.21. The lowest BCUT2D eigenvalue weighted by Crippen LogP contribution is -2.34. The van der Waals surface area contributed by atoms with Gasteiger partial charge in [-0.05, 0) is 85.3 Å². The van der Waals surface area contributed by atoms with Crippen molar-refractivity contribution in [2.24, 2.45) is 5.92 Å². The molecule has 1 aromatic carbocycles. The summed E-state index contributed by atoms with van der Waals surface area (Å²) in [5, 5.41) is 4.53. The summed E-state index contributed by atoms with van der Waals surface area (Å²) >= 11 is 1.82. The molecule has 0 saturated carbocycles. The number of ether oxygens (including phenoxy) is 2. The third-order valence-electron chi connectivity index (χ3n) is 5.56. The minimum Gasteiger partial charge on any atom is -0.497 e. The molecule has 1 aliphatic rings. The van der Waals surface area contributed by atoms with Gasteiger partial charge in [-0.1, -0.05) is 19.4 Å². The number of likely N-dealkylation sites (tertiary alicyclic amines) is 1. The maximum Gasteiger partial charge on any atom is 0.122 e. The fourth-order valence-corrected chi connectivity index (χ4v) is 4.42. The van der Waals surface area contributed by atoms with E-state index in [1.807, 2.05) is 35.6 Å². The van der Waals surface area contributed by atoms with Crippen LogP contribution in [0.15, 0.2) is 41.1 Å². The minimum absolute atomic E-state index is 0.607. The van der Waals surface area contributed by atoms with Crippen LogP contribution in [0.2, 0.25) is 0 Å². The Labute approximate surface area is 161 Å². The third-order valence-corrected chi connectivity index (χ3v) is 6.26. The minimum atomic E-state index is 0.607. The van der Waals surface area contributed by atoms with Crippen LogP contribution in [-0.4, -0.2) is 38.3 Å². The molecule has 0 bridgehead atoms. The summed E-state index contributed by atoms with van der Waals surface area (Å²) in [6.45, 7) is 6.70. The Balaban J connectivity index is 1.38. The molecular weight excluding hydrogens is 342 g/mol. The van der Waals surface area contributed by atoms with Gasteiger partial charge in [-0.2, -0.15) is 11.3 Å². The summed E-state index contributed by atoms with van der Waals surface area (Å²) in [5.41, 5.74) is 1.55. The number of hydrogen-bond donors (Lipinski definition) is 0. The number of hydrogen-bond acceptors (Lipinski definition) is 4. The van der Waals surface area contributed by atoms with Crippen LogP contribution in [0.5, 0.6) is 11.5 Å². The second kappa shape index (κ2) is 9.98. The molecule has 142 valence electrons. The largest absolute Gasteiger partial charge is 0.497 e. The van der Waals surface area contributed by atoms with Crippen molar-refractivity contribution in [1.82, 2.24) is 4.90 Å². The molecule has 0 spiro atoms. The molecule has 1 aliphatic heterocycles. The molecule has 0 radical (unpaired) electrons. The van der Waals surface area contributed by atoms with E-state index in [1.165, 1.54) is 38.9 Å². The quantitative estimate of drug-likeness (QED) is 0.585. The van der Waals surface area contributed by atoms with Crippen LogP contribution < -0.4 is 9.47 Å². The highest BCUT2D eigenvalue weighted by atomic mass is 32.1. The summed E-state index contributed by atoms with van der Waals surface area (Å²) in [6, 6.07) is 10.2. The fraction of sp³-hybridized carbons (Fsp3) is 0.545. The Morgan fingerprint density at radius 3 is 2.69 bits per heavy atom. The van der Waals surface area contributed by atoms with Crippen LogP contribution in [0.4, 0.5) is 0 Å². The number of rotatable bonds is 9. The van der Waals surface area contributed by atoms with Crippen molar-refractivity contribution in [3.8, 4) is 11.5 Å². The van der Waals surface area contributed by atoms with Crippen LogP contribution >= 0.6 is 11.3 Å². The molecular formula is C22H31NO2S. The van der Waals surface area contributed by atoms with Gasteiger partial charge in [-0.15, -0.1) is 0 Å². The summed E-state index contributed by atoms with van der Waals surface area (Å²) in [4.78, 5) is 2.64. The average molecular weight is 374 g/mol. The summed E-state index contributed by atoms with van der Waals surface area (Å²) in [6.07, 6.45) is 4.97. The predicted molar refractivity (Wildman–Crippen MR) is 110 cm³/mol. The van der Waals surface area contributed by atoms with Crippen LogP contribution in [0, 0.1) is 5.92 Å². The standard InChI is InChI=1S/C22H31NO2S/c1-3-18(16-25-22-6-4-5-21(15-22)24-2)7-11-23-12-8-19(9-13-23)20-10-14-26-17-20/h4-6,10,14-15,17-19H,3,7-9,11-13,16H2,1-2H3. The Hall–Kier alpha value is -1.52. The fourth-order valence-electron chi connectivity index (χ4n) is 3.67. The summed E-state index contributed by atoms with van der Waals surface area (Å²) in [7, 11) is 1.69. The number of methoxy groups -OCH3 is 1.